The van der Waals surface area contributed by atoms with E-state index in [-0.39, 0.29) is 0 Å². The van der Waals surface area contributed by atoms with Crippen LogP contribution in [0.1, 0.15) is 11.1 Å². The maximum absolute atomic E-state index is 5.33. The lowest BCUT2D eigenvalue weighted by Crippen LogP contribution is -1.95. The quantitative estimate of drug-likeness (QED) is 0.593. The number of hydrogen-bond donors (Lipinski definition) is 0. The molecule has 0 heterocycles. The second kappa shape index (κ2) is 5.20. The highest BCUT2D eigenvalue weighted by molar-refractivity contribution is 14.1. The maximum atomic E-state index is 5.33. The number of hydrogen-bond acceptors (Lipinski definition) is 1. The van der Waals surface area contributed by atoms with Gasteiger partial charge in [0.15, 0.2) is 0 Å². The predicted octanol–water partition coefficient (Wildman–Crippen LogP) is 3.74. The maximum Gasteiger partial charge on any atom is 0.123 e. The van der Waals surface area contributed by atoms with Gasteiger partial charge in [0.2, 0.25) is 0 Å². The van der Waals surface area contributed by atoms with Crippen molar-refractivity contribution in [1.29, 1.82) is 0 Å². The van der Waals surface area contributed by atoms with Gasteiger partial charge < -0.3 is 4.74 Å². The zero-order chi connectivity index (χ0) is 9.84. The summed E-state index contributed by atoms with van der Waals surface area (Å²) in [5.41, 5.74) is 2.49. The molecule has 0 fully saturated rings. The lowest BCUT2D eigenvalue weighted by molar-refractivity contribution is 0.409. The van der Waals surface area contributed by atoms with Gasteiger partial charge in [0.1, 0.15) is 5.75 Å². The van der Waals surface area contributed by atoms with Gasteiger partial charge in [-0.05, 0) is 31.0 Å². The van der Waals surface area contributed by atoms with Gasteiger partial charge in [0, 0.05) is 14.5 Å². The third-order valence-electron chi connectivity index (χ3n) is 1.86. The summed E-state index contributed by atoms with van der Waals surface area (Å²) >= 11 is 5.93. The average Bonchev–Trinajstić information content (AvgIpc) is 2.09. The fraction of sp³-hybridized carbons (Fsp3) is 0.400. The van der Waals surface area contributed by atoms with Crippen LogP contribution in [0.5, 0.6) is 5.75 Å². The molecular weight excluding hydrogens is 343 g/mol. The summed E-state index contributed by atoms with van der Waals surface area (Å²) < 4.78 is 7.59. The average molecular weight is 355 g/mol. The number of aryl methyl sites for hydroxylation is 1. The van der Waals surface area contributed by atoms with E-state index < -0.39 is 0 Å². The van der Waals surface area contributed by atoms with Crippen molar-refractivity contribution in [3.63, 3.8) is 0 Å². The fourth-order valence-electron chi connectivity index (χ4n) is 1.26. The fourth-order valence-corrected chi connectivity index (χ4v) is 2.55. The molecule has 0 atom stereocenters. The van der Waals surface area contributed by atoms with E-state index in [1.165, 1.54) is 11.1 Å². The second-order valence-electron chi connectivity index (χ2n) is 2.87. The van der Waals surface area contributed by atoms with E-state index in [2.05, 4.69) is 57.6 Å². The third-order valence-corrected chi connectivity index (χ3v) is 3.11. The van der Waals surface area contributed by atoms with Crippen LogP contribution in [0.3, 0.4) is 0 Å². The van der Waals surface area contributed by atoms with E-state index in [4.69, 9.17) is 4.74 Å². The lowest BCUT2D eigenvalue weighted by Gasteiger charge is -2.10. The standard InChI is InChI=1S/C10H12BrIO/c1-7-5-9(11)8(3-4-12)10(6-7)13-2/h5-6H,3-4H2,1-2H3. The SMILES string of the molecule is COc1cc(C)cc(Br)c1CCI. The first-order valence-corrected chi connectivity index (χ1v) is 6.40. The molecule has 0 saturated carbocycles. The Kier molecular flexibility index (Phi) is 4.52. The summed E-state index contributed by atoms with van der Waals surface area (Å²) in [4.78, 5) is 0. The zero-order valence-corrected chi connectivity index (χ0v) is 11.5. The van der Waals surface area contributed by atoms with Crippen LogP contribution in [0.25, 0.3) is 0 Å². The molecule has 1 aromatic rings. The molecule has 0 N–H and O–H groups in total. The molecule has 0 bridgehead atoms. The molecule has 0 amide bonds. The minimum absolute atomic E-state index is 0.989. The Balaban J connectivity index is 3.13. The number of methoxy groups -OCH3 is 1. The monoisotopic (exact) mass is 354 g/mol. The van der Waals surface area contributed by atoms with Crippen LogP contribution in [0.15, 0.2) is 16.6 Å². The highest BCUT2D eigenvalue weighted by Gasteiger charge is 2.07. The summed E-state index contributed by atoms with van der Waals surface area (Å²) in [6, 6.07) is 4.20. The zero-order valence-electron chi connectivity index (χ0n) is 7.73. The molecule has 0 aromatic heterocycles. The van der Waals surface area contributed by atoms with Gasteiger partial charge in [0.05, 0.1) is 7.11 Å². The highest BCUT2D eigenvalue weighted by atomic mass is 127. The summed E-state index contributed by atoms with van der Waals surface area (Å²) in [6.07, 6.45) is 1.05. The Hall–Kier alpha value is 0.230. The van der Waals surface area contributed by atoms with Crippen LogP contribution in [0, 0.1) is 6.92 Å². The lowest BCUT2D eigenvalue weighted by atomic mass is 10.1. The normalized spacial score (nSPS) is 10.2. The van der Waals surface area contributed by atoms with E-state index in [9.17, 15) is 0 Å². The van der Waals surface area contributed by atoms with E-state index in [0.29, 0.717) is 0 Å². The van der Waals surface area contributed by atoms with Crippen molar-refractivity contribution in [3.05, 3.63) is 27.7 Å². The van der Waals surface area contributed by atoms with Gasteiger partial charge in [-0.25, -0.2) is 0 Å². The molecule has 0 spiro atoms. The Morgan fingerprint density at radius 3 is 2.69 bits per heavy atom. The smallest absolute Gasteiger partial charge is 0.123 e. The molecular formula is C10H12BrIO. The van der Waals surface area contributed by atoms with Crippen molar-refractivity contribution in [1.82, 2.24) is 0 Å². The van der Waals surface area contributed by atoms with E-state index >= 15 is 0 Å². The Morgan fingerprint density at radius 1 is 1.46 bits per heavy atom. The second-order valence-corrected chi connectivity index (χ2v) is 4.80. The molecule has 0 aliphatic heterocycles. The molecule has 0 saturated heterocycles. The number of benzene rings is 1. The molecule has 0 aliphatic rings. The van der Waals surface area contributed by atoms with Crippen molar-refractivity contribution in [2.45, 2.75) is 13.3 Å². The van der Waals surface area contributed by atoms with E-state index in [0.717, 1.165) is 21.1 Å². The Bertz CT molecular complexity index is 299. The summed E-state index contributed by atoms with van der Waals surface area (Å²) in [5.74, 6) is 0.989. The van der Waals surface area contributed by atoms with Crippen molar-refractivity contribution in [3.8, 4) is 5.75 Å². The van der Waals surface area contributed by atoms with Crippen molar-refractivity contribution in [2.75, 3.05) is 11.5 Å². The van der Waals surface area contributed by atoms with E-state index in [1.54, 1.807) is 7.11 Å². The van der Waals surface area contributed by atoms with Crippen molar-refractivity contribution < 1.29 is 4.74 Å². The summed E-state index contributed by atoms with van der Waals surface area (Å²) in [5, 5.41) is 0. The minimum Gasteiger partial charge on any atom is -0.496 e. The summed E-state index contributed by atoms with van der Waals surface area (Å²) in [7, 11) is 1.72. The van der Waals surface area contributed by atoms with Gasteiger partial charge >= 0.3 is 0 Å². The highest BCUT2D eigenvalue weighted by Crippen LogP contribution is 2.29. The predicted molar refractivity (Wildman–Crippen MR) is 68.0 cm³/mol. The Labute approximate surface area is 101 Å². The molecule has 0 aliphatic carbocycles. The molecule has 1 rings (SSSR count). The molecule has 1 aromatic carbocycles. The molecule has 1 nitrogen and oxygen atoms in total. The van der Waals surface area contributed by atoms with Crippen LogP contribution >= 0.6 is 38.5 Å². The summed E-state index contributed by atoms with van der Waals surface area (Å²) in [6.45, 7) is 2.07. The van der Waals surface area contributed by atoms with Gasteiger partial charge in [-0.2, -0.15) is 0 Å². The molecule has 3 heteroatoms. The third kappa shape index (κ3) is 2.84. The topological polar surface area (TPSA) is 9.23 Å². The minimum atomic E-state index is 0.989. The van der Waals surface area contributed by atoms with Crippen LogP contribution < -0.4 is 4.74 Å². The number of ether oxygens (including phenoxy) is 1. The van der Waals surface area contributed by atoms with Crippen LogP contribution in [0.2, 0.25) is 0 Å². The molecule has 0 radical (unpaired) electrons. The van der Waals surface area contributed by atoms with Gasteiger partial charge in [-0.1, -0.05) is 38.5 Å². The largest absolute Gasteiger partial charge is 0.496 e. The van der Waals surface area contributed by atoms with Gasteiger partial charge in [-0.3, -0.25) is 0 Å². The molecule has 0 unspecified atom stereocenters. The van der Waals surface area contributed by atoms with Crippen LogP contribution in [-0.4, -0.2) is 11.5 Å². The van der Waals surface area contributed by atoms with Crippen molar-refractivity contribution in [2.24, 2.45) is 0 Å². The van der Waals surface area contributed by atoms with Gasteiger partial charge in [0.25, 0.3) is 0 Å². The van der Waals surface area contributed by atoms with E-state index in [1.807, 2.05) is 0 Å². The van der Waals surface area contributed by atoms with Crippen LogP contribution in [0.4, 0.5) is 0 Å². The van der Waals surface area contributed by atoms with Crippen LogP contribution in [-0.2, 0) is 6.42 Å². The van der Waals surface area contributed by atoms with Gasteiger partial charge in [-0.15, -0.1) is 0 Å². The number of halogens is 2. The van der Waals surface area contributed by atoms with Crippen molar-refractivity contribution >= 4 is 38.5 Å². The molecule has 13 heavy (non-hydrogen) atoms. The number of alkyl halides is 1. The Morgan fingerprint density at radius 2 is 2.15 bits per heavy atom. The first-order chi connectivity index (χ1) is 6.19. The first-order valence-electron chi connectivity index (χ1n) is 4.08. The molecule has 72 valence electrons. The number of rotatable bonds is 3. The first kappa shape index (κ1) is 11.3.